The maximum absolute atomic E-state index is 12.2. The molecule has 0 aliphatic rings. The molecule has 5 heteroatoms. The number of nitrogens with one attached hydrogen (secondary N) is 1. The van der Waals surface area contributed by atoms with Gasteiger partial charge in [0.25, 0.3) is 5.91 Å². The Morgan fingerprint density at radius 3 is 2.45 bits per heavy atom. The summed E-state index contributed by atoms with van der Waals surface area (Å²) < 4.78 is 0.725. The minimum Gasteiger partial charge on any atom is -0.341 e. The number of halogens is 1. The summed E-state index contributed by atoms with van der Waals surface area (Å²) in [5, 5.41) is 2.75. The number of aryl methyl sites for hydroxylation is 1. The highest BCUT2D eigenvalue weighted by Gasteiger charge is 2.21. The van der Waals surface area contributed by atoms with Crippen LogP contribution in [0.4, 0.5) is 0 Å². The van der Waals surface area contributed by atoms with Crippen molar-refractivity contribution in [1.29, 1.82) is 0 Å². The van der Waals surface area contributed by atoms with Gasteiger partial charge in [-0.1, -0.05) is 11.6 Å². The van der Waals surface area contributed by atoms with Crippen LogP contribution in [0.25, 0.3) is 0 Å². The average molecular weight is 341 g/mol. The Balaban J connectivity index is 2.80. The van der Waals surface area contributed by atoms with Gasteiger partial charge in [0, 0.05) is 17.6 Å². The van der Waals surface area contributed by atoms with E-state index in [0.29, 0.717) is 18.7 Å². The van der Waals surface area contributed by atoms with Gasteiger partial charge in [0.2, 0.25) is 5.91 Å². The first kappa shape index (κ1) is 16.7. The van der Waals surface area contributed by atoms with Crippen LogP contribution >= 0.6 is 15.9 Å². The van der Waals surface area contributed by atoms with Gasteiger partial charge >= 0.3 is 0 Å². The summed E-state index contributed by atoms with van der Waals surface area (Å²) in [5.74, 6) is -0.305. The summed E-state index contributed by atoms with van der Waals surface area (Å²) in [6.07, 6.45) is 0. The molecule has 1 atom stereocenters. The van der Waals surface area contributed by atoms with Crippen LogP contribution < -0.4 is 5.32 Å². The highest BCUT2D eigenvalue weighted by Crippen LogP contribution is 2.18. The highest BCUT2D eigenvalue weighted by molar-refractivity contribution is 9.10. The van der Waals surface area contributed by atoms with E-state index in [1.807, 2.05) is 32.9 Å². The SMILES string of the molecule is CCN(CC)C(=O)C(C)NC(=O)c1cc(C)ccc1Br. The predicted octanol–water partition coefficient (Wildman–Crippen LogP) is 2.74. The number of hydrogen-bond acceptors (Lipinski definition) is 2. The Labute approximate surface area is 128 Å². The van der Waals surface area contributed by atoms with E-state index >= 15 is 0 Å². The number of carbonyl (C=O) groups excluding carboxylic acids is 2. The molecule has 0 heterocycles. The molecule has 0 saturated carbocycles. The lowest BCUT2D eigenvalue weighted by Gasteiger charge is -2.23. The number of nitrogens with zero attached hydrogens (tertiary/aromatic N) is 1. The second-order valence-corrected chi connectivity index (χ2v) is 5.54. The largest absolute Gasteiger partial charge is 0.341 e. The van der Waals surface area contributed by atoms with Crippen LogP contribution in [-0.4, -0.2) is 35.8 Å². The number of amides is 2. The van der Waals surface area contributed by atoms with Gasteiger partial charge in [-0.3, -0.25) is 9.59 Å². The lowest BCUT2D eigenvalue weighted by Crippen LogP contribution is -2.46. The first-order valence-corrected chi connectivity index (χ1v) is 7.55. The molecule has 0 bridgehead atoms. The molecule has 0 aliphatic heterocycles. The molecule has 1 aromatic rings. The Hall–Kier alpha value is -1.36. The summed E-state index contributed by atoms with van der Waals surface area (Å²) in [7, 11) is 0. The van der Waals surface area contributed by atoms with Gasteiger partial charge in [-0.25, -0.2) is 0 Å². The lowest BCUT2D eigenvalue weighted by molar-refractivity contribution is -0.132. The molecule has 20 heavy (non-hydrogen) atoms. The summed E-state index contributed by atoms with van der Waals surface area (Å²) in [5.41, 5.74) is 1.55. The minimum atomic E-state index is -0.533. The van der Waals surface area contributed by atoms with Crippen molar-refractivity contribution in [1.82, 2.24) is 10.2 Å². The molecule has 110 valence electrons. The Morgan fingerprint density at radius 2 is 1.90 bits per heavy atom. The van der Waals surface area contributed by atoms with Crippen LogP contribution in [-0.2, 0) is 4.79 Å². The first-order chi connectivity index (χ1) is 9.40. The van der Waals surface area contributed by atoms with Gasteiger partial charge < -0.3 is 10.2 Å². The maximum Gasteiger partial charge on any atom is 0.253 e. The van der Waals surface area contributed by atoms with E-state index in [1.54, 1.807) is 17.9 Å². The van der Waals surface area contributed by atoms with Crippen molar-refractivity contribution in [3.63, 3.8) is 0 Å². The number of benzene rings is 1. The predicted molar refractivity (Wildman–Crippen MR) is 83.7 cm³/mol. The fraction of sp³-hybridized carbons (Fsp3) is 0.467. The fourth-order valence-corrected chi connectivity index (χ4v) is 2.39. The van der Waals surface area contributed by atoms with E-state index in [0.717, 1.165) is 10.0 Å². The van der Waals surface area contributed by atoms with Crippen molar-refractivity contribution in [2.45, 2.75) is 33.7 Å². The zero-order valence-electron chi connectivity index (χ0n) is 12.4. The van der Waals surface area contributed by atoms with Crippen LogP contribution in [0, 0.1) is 6.92 Å². The van der Waals surface area contributed by atoms with Crippen molar-refractivity contribution in [2.24, 2.45) is 0 Å². The monoisotopic (exact) mass is 340 g/mol. The second kappa shape index (κ2) is 7.43. The third-order valence-electron chi connectivity index (χ3n) is 3.16. The standard InChI is InChI=1S/C15H21BrN2O2/c1-5-18(6-2)15(20)11(4)17-14(19)12-9-10(3)7-8-13(12)16/h7-9,11H,5-6H2,1-4H3,(H,17,19). The van der Waals surface area contributed by atoms with Gasteiger partial charge in [-0.15, -0.1) is 0 Å². The van der Waals surface area contributed by atoms with Crippen molar-refractivity contribution in [3.8, 4) is 0 Å². The zero-order chi connectivity index (χ0) is 15.3. The van der Waals surface area contributed by atoms with Gasteiger partial charge in [-0.05, 0) is 55.8 Å². The molecule has 0 aliphatic carbocycles. The normalized spacial score (nSPS) is 11.8. The van der Waals surface area contributed by atoms with Crippen LogP contribution in [0.5, 0.6) is 0 Å². The van der Waals surface area contributed by atoms with Crippen LogP contribution in [0.2, 0.25) is 0 Å². The molecule has 1 unspecified atom stereocenters. The molecule has 0 saturated heterocycles. The number of likely N-dealkylation sites (N-methyl/N-ethyl adjacent to an activating group) is 1. The Kier molecular flexibility index (Phi) is 6.20. The molecule has 0 fully saturated rings. The molecule has 0 aromatic heterocycles. The number of carbonyl (C=O) groups is 2. The van der Waals surface area contributed by atoms with E-state index < -0.39 is 6.04 Å². The van der Waals surface area contributed by atoms with Gasteiger partial charge in [0.05, 0.1) is 5.56 Å². The van der Waals surface area contributed by atoms with E-state index in [9.17, 15) is 9.59 Å². The molecule has 1 rings (SSSR count). The average Bonchev–Trinajstić information content (AvgIpc) is 2.42. The summed E-state index contributed by atoms with van der Waals surface area (Å²) in [6, 6.07) is 5.02. The van der Waals surface area contributed by atoms with Crippen LogP contribution in [0.3, 0.4) is 0 Å². The number of hydrogen-bond donors (Lipinski definition) is 1. The van der Waals surface area contributed by atoms with E-state index in [4.69, 9.17) is 0 Å². The van der Waals surface area contributed by atoms with Crippen molar-refractivity contribution >= 4 is 27.7 Å². The minimum absolute atomic E-state index is 0.0628. The molecular weight excluding hydrogens is 320 g/mol. The van der Waals surface area contributed by atoms with Crippen molar-refractivity contribution in [3.05, 3.63) is 33.8 Å². The zero-order valence-corrected chi connectivity index (χ0v) is 14.0. The fourth-order valence-electron chi connectivity index (χ4n) is 1.96. The quantitative estimate of drug-likeness (QED) is 0.895. The van der Waals surface area contributed by atoms with E-state index in [2.05, 4.69) is 21.2 Å². The maximum atomic E-state index is 12.2. The topological polar surface area (TPSA) is 49.4 Å². The molecule has 1 N–H and O–H groups in total. The van der Waals surface area contributed by atoms with E-state index in [-0.39, 0.29) is 11.8 Å². The van der Waals surface area contributed by atoms with Crippen LogP contribution in [0.15, 0.2) is 22.7 Å². The summed E-state index contributed by atoms with van der Waals surface area (Å²) in [4.78, 5) is 26.0. The third-order valence-corrected chi connectivity index (χ3v) is 3.85. The van der Waals surface area contributed by atoms with Crippen molar-refractivity contribution < 1.29 is 9.59 Å². The third kappa shape index (κ3) is 4.07. The molecule has 2 amide bonds. The molecule has 0 spiro atoms. The second-order valence-electron chi connectivity index (χ2n) is 4.69. The highest BCUT2D eigenvalue weighted by atomic mass is 79.9. The van der Waals surface area contributed by atoms with Gasteiger partial charge in [0.1, 0.15) is 6.04 Å². The summed E-state index contributed by atoms with van der Waals surface area (Å²) in [6.45, 7) is 8.77. The first-order valence-electron chi connectivity index (χ1n) is 6.76. The Morgan fingerprint density at radius 1 is 1.30 bits per heavy atom. The Bertz CT molecular complexity index is 499. The molecule has 4 nitrogen and oxygen atoms in total. The van der Waals surface area contributed by atoms with Crippen LogP contribution in [0.1, 0.15) is 36.7 Å². The number of rotatable bonds is 5. The van der Waals surface area contributed by atoms with Crippen molar-refractivity contribution in [2.75, 3.05) is 13.1 Å². The molecular formula is C15H21BrN2O2. The van der Waals surface area contributed by atoms with Gasteiger partial charge in [-0.2, -0.15) is 0 Å². The lowest BCUT2D eigenvalue weighted by atomic mass is 10.1. The summed E-state index contributed by atoms with van der Waals surface area (Å²) >= 11 is 3.36. The molecule has 1 aromatic carbocycles. The smallest absolute Gasteiger partial charge is 0.253 e. The molecule has 0 radical (unpaired) electrons. The van der Waals surface area contributed by atoms with E-state index in [1.165, 1.54) is 0 Å². The van der Waals surface area contributed by atoms with Gasteiger partial charge in [0.15, 0.2) is 0 Å².